The first-order chi connectivity index (χ1) is 3.75. The van der Waals surface area contributed by atoms with E-state index in [2.05, 4.69) is 20.8 Å². The summed E-state index contributed by atoms with van der Waals surface area (Å²) < 4.78 is 0. The standard InChI is InChI=1S/C8H15/c1-4-6(2)8-5-7(8)3/h6-7H,4-5H2,1-3H3/q-1. The van der Waals surface area contributed by atoms with Gasteiger partial charge in [0.15, 0.2) is 0 Å². The fourth-order valence-corrected chi connectivity index (χ4v) is 1.24. The second-order valence-corrected chi connectivity index (χ2v) is 2.99. The average Bonchev–Trinajstić information content (AvgIpc) is 2.45. The predicted octanol–water partition coefficient (Wildman–Crippen LogP) is 2.65. The predicted molar refractivity (Wildman–Crippen MR) is 36.5 cm³/mol. The van der Waals surface area contributed by atoms with E-state index < -0.39 is 0 Å². The summed E-state index contributed by atoms with van der Waals surface area (Å²) in [6.07, 6.45) is 2.74. The maximum Gasteiger partial charge on any atom is -0.0676 e. The zero-order valence-corrected chi connectivity index (χ0v) is 6.07. The zero-order chi connectivity index (χ0) is 6.15. The molecule has 0 saturated heterocycles. The summed E-state index contributed by atoms with van der Waals surface area (Å²) in [7, 11) is 0. The van der Waals surface area contributed by atoms with Gasteiger partial charge in [0.05, 0.1) is 0 Å². The largest absolute Gasteiger partial charge is 0.313 e. The third-order valence-electron chi connectivity index (χ3n) is 2.26. The van der Waals surface area contributed by atoms with Crippen LogP contribution in [-0.4, -0.2) is 0 Å². The molecule has 0 N–H and O–H groups in total. The Bertz CT molecular complexity index is 74.1. The molecule has 0 nitrogen and oxygen atoms in total. The van der Waals surface area contributed by atoms with Crippen LogP contribution in [0.5, 0.6) is 0 Å². The van der Waals surface area contributed by atoms with Crippen LogP contribution >= 0.6 is 0 Å². The minimum Gasteiger partial charge on any atom is -0.313 e. The quantitative estimate of drug-likeness (QED) is 0.480. The summed E-state index contributed by atoms with van der Waals surface area (Å²) in [6, 6.07) is 0. The highest BCUT2D eigenvalue weighted by molar-refractivity contribution is 5.14. The van der Waals surface area contributed by atoms with Crippen LogP contribution in [0, 0.1) is 17.8 Å². The molecule has 1 saturated carbocycles. The van der Waals surface area contributed by atoms with Gasteiger partial charge in [0.1, 0.15) is 0 Å². The molecule has 2 unspecified atom stereocenters. The molecule has 0 aromatic heterocycles. The minimum absolute atomic E-state index is 0.907. The first kappa shape index (κ1) is 6.12. The van der Waals surface area contributed by atoms with Crippen molar-refractivity contribution in [1.82, 2.24) is 0 Å². The highest BCUT2D eigenvalue weighted by Gasteiger charge is 2.18. The van der Waals surface area contributed by atoms with Crippen molar-refractivity contribution in [3.05, 3.63) is 5.92 Å². The Balaban J connectivity index is 2.18. The summed E-state index contributed by atoms with van der Waals surface area (Å²) >= 11 is 0. The van der Waals surface area contributed by atoms with Crippen molar-refractivity contribution in [2.75, 3.05) is 0 Å². The van der Waals surface area contributed by atoms with Crippen LogP contribution in [0.1, 0.15) is 33.6 Å². The lowest BCUT2D eigenvalue weighted by atomic mass is 10.0. The fraction of sp³-hybridized carbons (Fsp3) is 0.875. The molecule has 1 fully saturated rings. The van der Waals surface area contributed by atoms with Crippen molar-refractivity contribution in [2.45, 2.75) is 33.6 Å². The van der Waals surface area contributed by atoms with Gasteiger partial charge in [0.2, 0.25) is 0 Å². The van der Waals surface area contributed by atoms with Gasteiger partial charge in [-0.05, 0) is 0 Å². The van der Waals surface area contributed by atoms with Crippen LogP contribution in [0.15, 0.2) is 0 Å². The van der Waals surface area contributed by atoms with E-state index in [1.54, 1.807) is 5.92 Å². The van der Waals surface area contributed by atoms with Crippen LogP contribution in [0.2, 0.25) is 0 Å². The topological polar surface area (TPSA) is 0 Å². The van der Waals surface area contributed by atoms with Crippen LogP contribution in [0.4, 0.5) is 0 Å². The highest BCUT2D eigenvalue weighted by atomic mass is 14.4. The van der Waals surface area contributed by atoms with Crippen LogP contribution in [0.3, 0.4) is 0 Å². The van der Waals surface area contributed by atoms with E-state index in [0.717, 1.165) is 11.8 Å². The van der Waals surface area contributed by atoms with Gasteiger partial charge in [0.25, 0.3) is 0 Å². The van der Waals surface area contributed by atoms with E-state index >= 15 is 0 Å². The summed E-state index contributed by atoms with van der Waals surface area (Å²) in [5, 5.41) is 0. The highest BCUT2D eigenvalue weighted by Crippen LogP contribution is 2.46. The Labute approximate surface area is 52.3 Å². The van der Waals surface area contributed by atoms with Crippen molar-refractivity contribution in [3.63, 3.8) is 0 Å². The van der Waals surface area contributed by atoms with E-state index in [0.29, 0.717) is 0 Å². The molecule has 0 aromatic rings. The van der Waals surface area contributed by atoms with E-state index in [9.17, 15) is 0 Å². The van der Waals surface area contributed by atoms with Crippen LogP contribution in [-0.2, 0) is 0 Å². The third kappa shape index (κ3) is 1.04. The van der Waals surface area contributed by atoms with E-state index in [4.69, 9.17) is 0 Å². The monoisotopic (exact) mass is 111 g/mol. The number of rotatable bonds is 2. The van der Waals surface area contributed by atoms with Gasteiger partial charge in [0, 0.05) is 0 Å². The fourth-order valence-electron chi connectivity index (χ4n) is 1.24. The molecule has 0 bridgehead atoms. The number of hydrogen-bond donors (Lipinski definition) is 0. The molecular weight excluding hydrogens is 96.1 g/mol. The maximum atomic E-state index is 2.33. The molecule has 1 rings (SSSR count). The minimum atomic E-state index is 0.907. The van der Waals surface area contributed by atoms with Gasteiger partial charge in [-0.15, -0.1) is 0 Å². The SMILES string of the molecule is CCC(C)[C-]1CC1C. The van der Waals surface area contributed by atoms with Crippen molar-refractivity contribution >= 4 is 0 Å². The lowest BCUT2D eigenvalue weighted by Crippen LogP contribution is -1.92. The molecule has 0 aliphatic heterocycles. The van der Waals surface area contributed by atoms with Gasteiger partial charge in [-0.3, -0.25) is 0 Å². The first-order valence-corrected chi connectivity index (χ1v) is 3.61. The second kappa shape index (κ2) is 2.08. The van der Waals surface area contributed by atoms with Crippen molar-refractivity contribution in [1.29, 1.82) is 0 Å². The van der Waals surface area contributed by atoms with Crippen molar-refractivity contribution < 1.29 is 0 Å². The zero-order valence-electron chi connectivity index (χ0n) is 6.07. The van der Waals surface area contributed by atoms with E-state index in [1.807, 2.05) is 0 Å². The molecular formula is C8H15-. The molecule has 1 aliphatic rings. The lowest BCUT2D eigenvalue weighted by molar-refractivity contribution is 0.615. The summed E-state index contributed by atoms with van der Waals surface area (Å²) in [4.78, 5) is 0. The van der Waals surface area contributed by atoms with E-state index in [-0.39, 0.29) is 0 Å². The Kier molecular flexibility index (Phi) is 1.59. The smallest absolute Gasteiger partial charge is 0.0676 e. The molecule has 0 amide bonds. The summed E-state index contributed by atoms with van der Waals surface area (Å²) in [5.41, 5.74) is 0. The Hall–Kier alpha value is 0. The lowest BCUT2D eigenvalue weighted by Gasteiger charge is -2.17. The van der Waals surface area contributed by atoms with Gasteiger partial charge < -0.3 is 5.92 Å². The van der Waals surface area contributed by atoms with Crippen molar-refractivity contribution in [3.8, 4) is 0 Å². The Morgan fingerprint density at radius 2 is 2.25 bits per heavy atom. The van der Waals surface area contributed by atoms with Crippen LogP contribution < -0.4 is 0 Å². The molecule has 8 heavy (non-hydrogen) atoms. The maximum absolute atomic E-state index is 2.33. The molecule has 48 valence electrons. The molecule has 0 radical (unpaired) electrons. The number of hydrogen-bond acceptors (Lipinski definition) is 0. The Morgan fingerprint density at radius 3 is 2.38 bits per heavy atom. The third-order valence-corrected chi connectivity index (χ3v) is 2.26. The van der Waals surface area contributed by atoms with E-state index in [1.165, 1.54) is 12.8 Å². The normalized spacial score (nSPS) is 32.6. The molecule has 0 spiro atoms. The van der Waals surface area contributed by atoms with Gasteiger partial charge >= 0.3 is 0 Å². The second-order valence-electron chi connectivity index (χ2n) is 2.99. The molecule has 0 aromatic carbocycles. The molecule has 1 aliphatic carbocycles. The van der Waals surface area contributed by atoms with Gasteiger partial charge in [-0.1, -0.05) is 27.2 Å². The van der Waals surface area contributed by atoms with Crippen LogP contribution in [0.25, 0.3) is 0 Å². The first-order valence-electron chi connectivity index (χ1n) is 3.61. The molecule has 0 heterocycles. The van der Waals surface area contributed by atoms with Gasteiger partial charge in [-0.2, -0.15) is 11.8 Å². The summed E-state index contributed by atoms with van der Waals surface area (Å²) in [5.74, 6) is 3.67. The average molecular weight is 111 g/mol. The molecule has 2 atom stereocenters. The van der Waals surface area contributed by atoms with Crippen molar-refractivity contribution in [2.24, 2.45) is 11.8 Å². The van der Waals surface area contributed by atoms with Gasteiger partial charge in [-0.25, -0.2) is 6.42 Å². The molecule has 0 heteroatoms. The Morgan fingerprint density at radius 1 is 1.75 bits per heavy atom. The summed E-state index contributed by atoms with van der Waals surface area (Å²) in [6.45, 7) is 6.92.